The summed E-state index contributed by atoms with van der Waals surface area (Å²) in [4.78, 5) is 37.3. The van der Waals surface area contributed by atoms with Crippen LogP contribution in [0.3, 0.4) is 0 Å². The van der Waals surface area contributed by atoms with Gasteiger partial charge in [0, 0.05) is 0 Å². The number of rotatable bonds is 5. The van der Waals surface area contributed by atoms with Crippen molar-refractivity contribution in [2.45, 2.75) is 25.7 Å². The first-order valence-corrected chi connectivity index (χ1v) is 8.49. The van der Waals surface area contributed by atoms with Crippen molar-refractivity contribution in [1.29, 1.82) is 0 Å². The molecule has 1 aromatic carbocycles. The quantitative estimate of drug-likeness (QED) is 0.763. The number of nitrogens with one attached hydrogen (secondary N) is 2. The van der Waals surface area contributed by atoms with Crippen LogP contribution in [0.1, 0.15) is 46.4 Å². The van der Waals surface area contributed by atoms with Crippen LogP contribution < -0.4 is 10.2 Å². The summed E-state index contributed by atoms with van der Waals surface area (Å²) in [5.74, 6) is -1.30. The van der Waals surface area contributed by atoms with Gasteiger partial charge in [0.2, 0.25) is 0 Å². The number of methoxy groups -OCH3 is 2. The molecular formula is C18H25N2O5+. The van der Waals surface area contributed by atoms with Gasteiger partial charge in [0.05, 0.1) is 44.1 Å². The van der Waals surface area contributed by atoms with Gasteiger partial charge in [-0.1, -0.05) is 0 Å². The van der Waals surface area contributed by atoms with Crippen LogP contribution in [0.25, 0.3) is 0 Å². The second-order valence-corrected chi connectivity index (χ2v) is 6.13. The van der Waals surface area contributed by atoms with Crippen LogP contribution in [0, 0.1) is 0 Å². The second-order valence-electron chi connectivity index (χ2n) is 6.13. The molecule has 1 aliphatic rings. The van der Waals surface area contributed by atoms with E-state index in [-0.39, 0.29) is 22.7 Å². The van der Waals surface area contributed by atoms with E-state index < -0.39 is 11.9 Å². The lowest BCUT2D eigenvalue weighted by Crippen LogP contribution is -3.12. The van der Waals surface area contributed by atoms with Crippen molar-refractivity contribution in [3.63, 3.8) is 0 Å². The molecule has 0 aliphatic carbocycles. The molecule has 7 nitrogen and oxygen atoms in total. The number of ether oxygens (including phenoxy) is 2. The van der Waals surface area contributed by atoms with E-state index in [0.717, 1.165) is 25.9 Å². The predicted octanol–water partition coefficient (Wildman–Crippen LogP) is 0.657. The minimum Gasteiger partial charge on any atom is -0.465 e. The summed E-state index contributed by atoms with van der Waals surface area (Å²) in [6.45, 7) is 2.28. The Morgan fingerprint density at radius 1 is 1.00 bits per heavy atom. The van der Waals surface area contributed by atoms with E-state index in [2.05, 4.69) is 10.1 Å². The van der Waals surface area contributed by atoms with E-state index >= 15 is 0 Å². The summed E-state index contributed by atoms with van der Waals surface area (Å²) >= 11 is 0. The number of quaternary nitrogens is 1. The van der Waals surface area contributed by atoms with Crippen LogP contribution in [0.5, 0.6) is 0 Å². The zero-order valence-corrected chi connectivity index (χ0v) is 14.7. The fourth-order valence-electron chi connectivity index (χ4n) is 3.01. The highest BCUT2D eigenvalue weighted by Crippen LogP contribution is 2.19. The Morgan fingerprint density at radius 2 is 1.64 bits per heavy atom. The molecule has 2 N–H and O–H groups in total. The van der Waals surface area contributed by atoms with Gasteiger partial charge >= 0.3 is 11.9 Å². The van der Waals surface area contributed by atoms with Crippen molar-refractivity contribution in [2.75, 3.05) is 39.2 Å². The Morgan fingerprint density at radius 3 is 2.24 bits per heavy atom. The summed E-state index contributed by atoms with van der Waals surface area (Å²) in [5.41, 5.74) is 0.718. The number of benzene rings is 1. The van der Waals surface area contributed by atoms with Crippen LogP contribution in [-0.2, 0) is 14.3 Å². The van der Waals surface area contributed by atoms with Crippen molar-refractivity contribution in [3.8, 4) is 0 Å². The monoisotopic (exact) mass is 349 g/mol. The topological polar surface area (TPSA) is 86.1 Å². The minimum absolute atomic E-state index is 0.191. The molecule has 1 fully saturated rings. The predicted molar refractivity (Wildman–Crippen MR) is 91.8 cm³/mol. The summed E-state index contributed by atoms with van der Waals surface area (Å²) in [7, 11) is 2.54. The molecule has 0 bridgehead atoms. The molecule has 0 spiro atoms. The molecule has 0 aromatic heterocycles. The number of hydrogen-bond acceptors (Lipinski definition) is 5. The summed E-state index contributed by atoms with van der Waals surface area (Å²) in [6, 6.07) is 4.36. The Labute approximate surface area is 147 Å². The minimum atomic E-state index is -0.575. The maximum atomic E-state index is 12.4. The summed E-state index contributed by atoms with van der Waals surface area (Å²) < 4.78 is 9.43. The van der Waals surface area contributed by atoms with Crippen molar-refractivity contribution in [1.82, 2.24) is 0 Å². The Kier molecular flexibility index (Phi) is 6.94. The van der Waals surface area contributed by atoms with E-state index in [9.17, 15) is 14.4 Å². The molecule has 1 heterocycles. The number of hydrogen-bond donors (Lipinski definition) is 2. The molecule has 0 radical (unpaired) electrons. The maximum Gasteiger partial charge on any atom is 0.339 e. The van der Waals surface area contributed by atoms with Gasteiger partial charge in [0.1, 0.15) is 0 Å². The van der Waals surface area contributed by atoms with Crippen molar-refractivity contribution < 1.29 is 28.8 Å². The smallest absolute Gasteiger partial charge is 0.339 e. The zero-order valence-electron chi connectivity index (χ0n) is 14.7. The largest absolute Gasteiger partial charge is 0.465 e. The highest BCUT2D eigenvalue weighted by atomic mass is 16.5. The number of carbonyl (C=O) groups excluding carboxylic acids is 3. The van der Waals surface area contributed by atoms with Crippen molar-refractivity contribution >= 4 is 23.5 Å². The SMILES string of the molecule is COC(=O)c1ccc(C(=O)OC)c(NC(=O)C[NH+]2CCCCCC2)c1. The van der Waals surface area contributed by atoms with Crippen LogP contribution in [0.2, 0.25) is 0 Å². The summed E-state index contributed by atoms with van der Waals surface area (Å²) in [6.07, 6.45) is 4.65. The lowest BCUT2D eigenvalue weighted by Gasteiger charge is -2.17. The highest BCUT2D eigenvalue weighted by molar-refractivity contribution is 6.03. The number of carbonyl (C=O) groups is 3. The van der Waals surface area contributed by atoms with E-state index in [1.165, 1.54) is 50.2 Å². The molecule has 0 saturated carbocycles. The lowest BCUT2D eigenvalue weighted by atomic mass is 10.1. The van der Waals surface area contributed by atoms with Crippen LogP contribution in [-0.4, -0.2) is 51.7 Å². The molecule has 1 amide bonds. The second kappa shape index (κ2) is 9.17. The van der Waals surface area contributed by atoms with Gasteiger partial charge in [-0.25, -0.2) is 9.59 Å². The molecule has 0 unspecified atom stereocenters. The van der Waals surface area contributed by atoms with E-state index in [0.29, 0.717) is 6.54 Å². The molecule has 2 rings (SSSR count). The molecule has 1 aliphatic heterocycles. The van der Waals surface area contributed by atoms with Crippen LogP contribution in [0.15, 0.2) is 18.2 Å². The first kappa shape index (κ1) is 18.9. The Bertz CT molecular complexity index is 636. The first-order valence-electron chi connectivity index (χ1n) is 8.49. The number of esters is 2. The number of amides is 1. The average Bonchev–Trinajstić information content (AvgIpc) is 2.88. The molecule has 25 heavy (non-hydrogen) atoms. The third kappa shape index (κ3) is 5.29. The zero-order chi connectivity index (χ0) is 18.2. The van der Waals surface area contributed by atoms with Gasteiger partial charge in [-0.15, -0.1) is 0 Å². The van der Waals surface area contributed by atoms with Gasteiger partial charge < -0.3 is 19.7 Å². The molecular weight excluding hydrogens is 324 g/mol. The summed E-state index contributed by atoms with van der Waals surface area (Å²) in [5, 5.41) is 2.74. The number of anilines is 1. The van der Waals surface area contributed by atoms with Crippen LogP contribution in [0.4, 0.5) is 5.69 Å². The molecule has 1 saturated heterocycles. The van der Waals surface area contributed by atoms with E-state index in [4.69, 9.17) is 4.74 Å². The molecule has 1 aromatic rings. The van der Waals surface area contributed by atoms with E-state index in [1.807, 2.05) is 0 Å². The molecule has 0 atom stereocenters. The third-order valence-electron chi connectivity index (χ3n) is 4.34. The van der Waals surface area contributed by atoms with Crippen molar-refractivity contribution in [3.05, 3.63) is 29.3 Å². The van der Waals surface area contributed by atoms with Crippen LogP contribution >= 0.6 is 0 Å². The average molecular weight is 349 g/mol. The standard InChI is InChI=1S/C18H24N2O5/c1-24-17(22)13-7-8-14(18(23)25-2)15(11-13)19-16(21)12-20-9-5-3-4-6-10-20/h7-8,11H,3-6,9-10,12H2,1-2H3,(H,19,21)/p+1. The Balaban J connectivity index is 2.15. The lowest BCUT2D eigenvalue weighted by molar-refractivity contribution is -0.890. The maximum absolute atomic E-state index is 12.4. The fraction of sp³-hybridized carbons (Fsp3) is 0.500. The normalized spacial score (nSPS) is 15.1. The van der Waals surface area contributed by atoms with Crippen molar-refractivity contribution in [2.24, 2.45) is 0 Å². The number of likely N-dealkylation sites (tertiary alicyclic amines) is 1. The van der Waals surface area contributed by atoms with Gasteiger partial charge in [0.15, 0.2) is 6.54 Å². The van der Waals surface area contributed by atoms with Gasteiger partial charge in [-0.2, -0.15) is 0 Å². The van der Waals surface area contributed by atoms with Gasteiger partial charge in [0.25, 0.3) is 5.91 Å². The molecule has 136 valence electrons. The van der Waals surface area contributed by atoms with Gasteiger partial charge in [-0.3, -0.25) is 4.79 Å². The van der Waals surface area contributed by atoms with Gasteiger partial charge in [-0.05, 0) is 43.9 Å². The Hall–Kier alpha value is -2.41. The first-order chi connectivity index (χ1) is 12.0. The third-order valence-corrected chi connectivity index (χ3v) is 4.34. The van der Waals surface area contributed by atoms with E-state index in [1.54, 1.807) is 0 Å². The molecule has 7 heteroatoms. The fourth-order valence-corrected chi connectivity index (χ4v) is 3.01. The highest BCUT2D eigenvalue weighted by Gasteiger charge is 2.20.